The lowest BCUT2D eigenvalue weighted by Crippen LogP contribution is -2.19. The Balaban J connectivity index is 2.90. The number of hydrogen-bond acceptors (Lipinski definition) is 2. The molecule has 1 aromatic carbocycles. The van der Waals surface area contributed by atoms with Crippen molar-refractivity contribution in [2.75, 3.05) is 25.0 Å². The summed E-state index contributed by atoms with van der Waals surface area (Å²) in [6.45, 7) is 5.70. The predicted molar refractivity (Wildman–Crippen MR) is 75.6 cm³/mol. The summed E-state index contributed by atoms with van der Waals surface area (Å²) in [6, 6.07) is 6.33. The molecular weight excluding hydrogens is 232 g/mol. The van der Waals surface area contributed by atoms with Gasteiger partial charge in [-0.05, 0) is 31.2 Å². The molecule has 0 aromatic heterocycles. The molecule has 1 aromatic rings. The van der Waals surface area contributed by atoms with E-state index < -0.39 is 0 Å². The number of hydrogen-bond donors (Lipinski definition) is 1. The van der Waals surface area contributed by atoms with Crippen molar-refractivity contribution in [1.82, 2.24) is 5.32 Å². The van der Waals surface area contributed by atoms with Crippen LogP contribution in [0, 0.1) is 12.3 Å². The zero-order chi connectivity index (χ0) is 12.8. The van der Waals surface area contributed by atoms with Crippen LogP contribution < -0.4 is 10.2 Å². The first-order valence-corrected chi connectivity index (χ1v) is 6.15. The van der Waals surface area contributed by atoms with Crippen LogP contribution in [0.3, 0.4) is 0 Å². The molecule has 1 rings (SSSR count). The third-order valence-corrected chi connectivity index (χ3v) is 3.06. The Kier molecular flexibility index (Phi) is 5.34. The highest BCUT2D eigenvalue weighted by Gasteiger charge is 2.10. The molecule has 0 amide bonds. The summed E-state index contributed by atoms with van der Waals surface area (Å²) in [6.07, 6.45) is 5.29. The van der Waals surface area contributed by atoms with Crippen LogP contribution >= 0.6 is 11.6 Å². The average Bonchev–Trinajstić information content (AvgIpc) is 2.29. The van der Waals surface area contributed by atoms with Crippen LogP contribution in [-0.2, 0) is 0 Å². The second-order valence-electron chi connectivity index (χ2n) is 4.05. The molecule has 0 saturated carbocycles. The summed E-state index contributed by atoms with van der Waals surface area (Å²) in [7, 11) is 1.96. The lowest BCUT2D eigenvalue weighted by atomic mass is 10.1. The molecule has 92 valence electrons. The molecule has 0 radical (unpaired) electrons. The van der Waals surface area contributed by atoms with Gasteiger partial charge in [-0.1, -0.05) is 30.5 Å². The first kappa shape index (κ1) is 13.9. The molecule has 0 heterocycles. The van der Waals surface area contributed by atoms with Gasteiger partial charge in [-0.15, -0.1) is 6.42 Å². The number of benzene rings is 1. The van der Waals surface area contributed by atoms with Gasteiger partial charge in [-0.3, -0.25) is 0 Å². The largest absolute Gasteiger partial charge is 0.363 e. The number of anilines is 1. The summed E-state index contributed by atoms with van der Waals surface area (Å²) in [4.78, 5) is 1.99. The molecule has 0 aliphatic heterocycles. The van der Waals surface area contributed by atoms with Crippen LogP contribution in [0.1, 0.15) is 25.5 Å². The third kappa shape index (κ3) is 3.66. The van der Waals surface area contributed by atoms with Gasteiger partial charge in [0.2, 0.25) is 0 Å². The van der Waals surface area contributed by atoms with E-state index in [4.69, 9.17) is 18.0 Å². The average molecular weight is 251 g/mol. The minimum absolute atomic E-state index is 0.263. The summed E-state index contributed by atoms with van der Waals surface area (Å²) in [5.41, 5.74) is 2.16. The lowest BCUT2D eigenvalue weighted by molar-refractivity contribution is 0.598. The molecule has 2 nitrogen and oxygen atoms in total. The highest BCUT2D eigenvalue weighted by molar-refractivity contribution is 6.31. The minimum Gasteiger partial charge on any atom is -0.363 e. The van der Waals surface area contributed by atoms with Crippen molar-refractivity contribution in [2.45, 2.75) is 19.9 Å². The summed E-state index contributed by atoms with van der Waals surface area (Å²) in [5.74, 6) is 2.61. The molecule has 1 unspecified atom stereocenters. The quantitative estimate of drug-likeness (QED) is 0.808. The fourth-order valence-corrected chi connectivity index (χ4v) is 2.09. The Hall–Kier alpha value is -1.17. The van der Waals surface area contributed by atoms with Crippen molar-refractivity contribution in [3.05, 3.63) is 28.8 Å². The highest BCUT2D eigenvalue weighted by atomic mass is 35.5. The van der Waals surface area contributed by atoms with Gasteiger partial charge >= 0.3 is 0 Å². The van der Waals surface area contributed by atoms with Gasteiger partial charge in [0.1, 0.15) is 0 Å². The molecule has 17 heavy (non-hydrogen) atoms. The zero-order valence-corrected chi connectivity index (χ0v) is 11.4. The fraction of sp³-hybridized carbons (Fsp3) is 0.429. The van der Waals surface area contributed by atoms with Crippen molar-refractivity contribution in [3.63, 3.8) is 0 Å². The van der Waals surface area contributed by atoms with E-state index in [9.17, 15) is 0 Å². The molecule has 1 atom stereocenters. The fourth-order valence-electron chi connectivity index (χ4n) is 1.75. The van der Waals surface area contributed by atoms with Crippen LogP contribution in [0.5, 0.6) is 0 Å². The molecular formula is C14H19ClN2. The number of rotatable bonds is 5. The molecule has 0 bridgehead atoms. The topological polar surface area (TPSA) is 15.3 Å². The second-order valence-corrected chi connectivity index (χ2v) is 4.45. The molecule has 3 heteroatoms. The van der Waals surface area contributed by atoms with Crippen molar-refractivity contribution < 1.29 is 0 Å². The van der Waals surface area contributed by atoms with Crippen molar-refractivity contribution in [2.24, 2.45) is 0 Å². The summed E-state index contributed by atoms with van der Waals surface area (Å²) in [5, 5.41) is 4.12. The minimum atomic E-state index is 0.263. The molecule has 1 N–H and O–H groups in total. The van der Waals surface area contributed by atoms with Crippen LogP contribution in [0.15, 0.2) is 18.2 Å². The Labute approximate surface area is 109 Å². The van der Waals surface area contributed by atoms with Gasteiger partial charge in [0.25, 0.3) is 0 Å². The Morgan fingerprint density at radius 3 is 2.76 bits per heavy atom. The zero-order valence-electron chi connectivity index (χ0n) is 10.6. The second kappa shape index (κ2) is 6.54. The van der Waals surface area contributed by atoms with Crippen LogP contribution in [0.2, 0.25) is 5.02 Å². The Morgan fingerprint density at radius 1 is 1.53 bits per heavy atom. The van der Waals surface area contributed by atoms with Crippen molar-refractivity contribution in [3.8, 4) is 12.3 Å². The summed E-state index contributed by atoms with van der Waals surface area (Å²) >= 11 is 6.29. The number of nitrogens with one attached hydrogen (secondary N) is 1. The Morgan fingerprint density at radius 2 is 2.24 bits per heavy atom. The smallest absolute Gasteiger partial charge is 0.0788 e. The lowest BCUT2D eigenvalue weighted by Gasteiger charge is -2.19. The van der Waals surface area contributed by atoms with Gasteiger partial charge < -0.3 is 10.2 Å². The van der Waals surface area contributed by atoms with E-state index in [0.717, 1.165) is 22.8 Å². The molecule has 0 spiro atoms. The molecule has 0 aliphatic rings. The van der Waals surface area contributed by atoms with E-state index in [-0.39, 0.29) is 6.04 Å². The summed E-state index contributed by atoms with van der Waals surface area (Å²) < 4.78 is 0. The van der Waals surface area contributed by atoms with E-state index in [2.05, 4.69) is 31.2 Å². The van der Waals surface area contributed by atoms with Crippen LogP contribution in [0.25, 0.3) is 0 Å². The van der Waals surface area contributed by atoms with Gasteiger partial charge in [0.15, 0.2) is 0 Å². The third-order valence-electron chi connectivity index (χ3n) is 2.73. The maximum absolute atomic E-state index is 6.29. The van der Waals surface area contributed by atoms with E-state index in [1.54, 1.807) is 0 Å². The van der Waals surface area contributed by atoms with Crippen LogP contribution in [0.4, 0.5) is 5.69 Å². The number of terminal acetylenes is 1. The van der Waals surface area contributed by atoms with Gasteiger partial charge in [0.05, 0.1) is 6.54 Å². The van der Waals surface area contributed by atoms with Crippen LogP contribution in [-0.4, -0.2) is 20.1 Å². The number of nitrogens with zero attached hydrogens (tertiary/aromatic N) is 1. The molecule has 0 fully saturated rings. The SMILES string of the molecule is C#CCN(C)c1ccc(C(C)NCC)c(Cl)c1. The first-order valence-electron chi connectivity index (χ1n) is 5.77. The highest BCUT2D eigenvalue weighted by Crippen LogP contribution is 2.27. The molecule has 0 saturated heterocycles. The van der Waals surface area contributed by atoms with Crippen molar-refractivity contribution >= 4 is 17.3 Å². The van der Waals surface area contributed by atoms with Gasteiger partial charge in [-0.2, -0.15) is 0 Å². The predicted octanol–water partition coefficient (Wildman–Crippen LogP) is 3.08. The maximum atomic E-state index is 6.29. The maximum Gasteiger partial charge on any atom is 0.0788 e. The first-order chi connectivity index (χ1) is 8.10. The van der Waals surface area contributed by atoms with E-state index in [0.29, 0.717) is 6.54 Å². The van der Waals surface area contributed by atoms with E-state index >= 15 is 0 Å². The molecule has 0 aliphatic carbocycles. The van der Waals surface area contributed by atoms with E-state index in [1.807, 2.05) is 24.1 Å². The van der Waals surface area contributed by atoms with Gasteiger partial charge in [0, 0.05) is 23.8 Å². The Bertz CT molecular complexity index is 409. The van der Waals surface area contributed by atoms with E-state index in [1.165, 1.54) is 0 Å². The monoisotopic (exact) mass is 250 g/mol. The van der Waals surface area contributed by atoms with Crippen molar-refractivity contribution in [1.29, 1.82) is 0 Å². The standard InChI is InChI=1S/C14H19ClN2/c1-5-9-17(4)12-7-8-13(14(15)10-12)11(3)16-6-2/h1,7-8,10-11,16H,6,9H2,2-4H3. The normalized spacial score (nSPS) is 11.9. The van der Waals surface area contributed by atoms with Gasteiger partial charge in [-0.25, -0.2) is 0 Å². The number of halogens is 1.